The fourth-order valence-electron chi connectivity index (χ4n) is 2.30. The minimum Gasteiger partial charge on any atom is -0.481 e. The summed E-state index contributed by atoms with van der Waals surface area (Å²) < 4.78 is 26.9. The molecule has 5 heteroatoms. The second-order valence-electron chi connectivity index (χ2n) is 4.29. The van der Waals surface area contributed by atoms with Crippen LogP contribution in [-0.4, -0.2) is 24.2 Å². The van der Waals surface area contributed by atoms with E-state index >= 15 is 0 Å². The molecule has 1 aromatic carbocycles. The summed E-state index contributed by atoms with van der Waals surface area (Å²) in [5, 5.41) is 12.3. The van der Waals surface area contributed by atoms with Gasteiger partial charge in [0.25, 0.3) is 0 Å². The first kappa shape index (κ1) is 12.0. The van der Waals surface area contributed by atoms with E-state index in [1.807, 2.05) is 0 Å². The van der Waals surface area contributed by atoms with Gasteiger partial charge in [0.2, 0.25) is 0 Å². The van der Waals surface area contributed by atoms with E-state index in [1.165, 1.54) is 0 Å². The van der Waals surface area contributed by atoms with E-state index in [2.05, 4.69) is 5.32 Å². The first-order valence-electron chi connectivity index (χ1n) is 5.46. The Morgan fingerprint density at radius 3 is 2.76 bits per heavy atom. The Kier molecular flexibility index (Phi) is 3.11. The second-order valence-corrected chi connectivity index (χ2v) is 4.29. The number of piperidine rings is 1. The van der Waals surface area contributed by atoms with Crippen molar-refractivity contribution in [3.8, 4) is 0 Å². The van der Waals surface area contributed by atoms with Gasteiger partial charge in [-0.1, -0.05) is 0 Å². The summed E-state index contributed by atoms with van der Waals surface area (Å²) in [6, 6.07) is 2.95. The van der Waals surface area contributed by atoms with Crippen LogP contribution in [0.3, 0.4) is 0 Å². The van der Waals surface area contributed by atoms with Gasteiger partial charge in [-0.25, -0.2) is 8.78 Å². The van der Waals surface area contributed by atoms with Gasteiger partial charge in [0, 0.05) is 12.1 Å². The number of aliphatic carboxylic acids is 1. The number of halogens is 2. The predicted molar refractivity (Wildman–Crippen MR) is 57.8 cm³/mol. The average Bonchev–Trinajstić information content (AvgIpc) is 2.33. The number of carboxylic acid groups (broad SMARTS) is 1. The molecule has 2 rings (SSSR count). The van der Waals surface area contributed by atoms with Crippen LogP contribution in [0, 0.1) is 11.6 Å². The molecule has 1 unspecified atom stereocenters. The maximum absolute atomic E-state index is 13.7. The van der Waals surface area contributed by atoms with Crippen molar-refractivity contribution in [3.05, 3.63) is 35.4 Å². The molecule has 0 amide bonds. The van der Waals surface area contributed by atoms with Gasteiger partial charge < -0.3 is 10.4 Å². The predicted octanol–water partition coefficient (Wildman–Crippen LogP) is 1.67. The molecule has 0 bridgehead atoms. The minimum absolute atomic E-state index is 0.0720. The molecule has 0 radical (unpaired) electrons. The van der Waals surface area contributed by atoms with Crippen LogP contribution < -0.4 is 5.32 Å². The Morgan fingerprint density at radius 2 is 2.18 bits per heavy atom. The third-order valence-electron chi connectivity index (χ3n) is 3.24. The highest BCUT2D eigenvalue weighted by molar-refractivity contribution is 5.82. The zero-order chi connectivity index (χ0) is 12.5. The van der Waals surface area contributed by atoms with Gasteiger partial charge in [0.1, 0.15) is 17.0 Å². The molecule has 92 valence electrons. The van der Waals surface area contributed by atoms with Crippen molar-refractivity contribution in [2.24, 2.45) is 0 Å². The quantitative estimate of drug-likeness (QED) is 0.828. The molecule has 1 aliphatic rings. The van der Waals surface area contributed by atoms with Gasteiger partial charge in [-0.3, -0.25) is 4.79 Å². The summed E-state index contributed by atoms with van der Waals surface area (Å²) in [6.07, 6.45) is 0.942. The molecule has 17 heavy (non-hydrogen) atoms. The van der Waals surface area contributed by atoms with Crippen LogP contribution in [0.5, 0.6) is 0 Å². The highest BCUT2D eigenvalue weighted by atomic mass is 19.1. The Hall–Kier alpha value is -1.49. The van der Waals surface area contributed by atoms with Crippen LogP contribution in [0.2, 0.25) is 0 Å². The highest BCUT2D eigenvalue weighted by Gasteiger charge is 2.43. The van der Waals surface area contributed by atoms with E-state index in [4.69, 9.17) is 0 Å². The molecule has 1 atom stereocenters. The van der Waals surface area contributed by atoms with E-state index < -0.39 is 23.0 Å². The Morgan fingerprint density at radius 1 is 1.41 bits per heavy atom. The summed E-state index contributed by atoms with van der Waals surface area (Å²) in [6.45, 7) is 0.828. The smallest absolute Gasteiger partial charge is 0.315 e. The molecule has 0 aliphatic carbocycles. The number of benzene rings is 1. The van der Waals surface area contributed by atoms with Crippen molar-refractivity contribution in [1.82, 2.24) is 5.32 Å². The summed E-state index contributed by atoms with van der Waals surface area (Å²) in [7, 11) is 0. The standard InChI is InChI=1S/C12H13F2NO2/c13-8-2-3-10(14)9(6-8)12(11(16)17)4-1-5-15-7-12/h2-3,6,15H,1,4-5,7H2,(H,16,17). The molecule has 0 saturated carbocycles. The van der Waals surface area contributed by atoms with Gasteiger partial charge in [0.05, 0.1) is 0 Å². The number of carboxylic acids is 1. The molecular formula is C12H13F2NO2. The maximum Gasteiger partial charge on any atom is 0.315 e. The van der Waals surface area contributed by atoms with Crippen LogP contribution >= 0.6 is 0 Å². The Balaban J connectivity index is 2.52. The van der Waals surface area contributed by atoms with Gasteiger partial charge in [-0.2, -0.15) is 0 Å². The zero-order valence-electron chi connectivity index (χ0n) is 9.17. The average molecular weight is 241 g/mol. The molecule has 2 N–H and O–H groups in total. The maximum atomic E-state index is 13.7. The van der Waals surface area contributed by atoms with E-state index in [0.29, 0.717) is 19.4 Å². The van der Waals surface area contributed by atoms with Crippen molar-refractivity contribution < 1.29 is 18.7 Å². The lowest BCUT2D eigenvalue weighted by Crippen LogP contribution is -2.49. The fraction of sp³-hybridized carbons (Fsp3) is 0.417. The van der Waals surface area contributed by atoms with Crippen molar-refractivity contribution in [1.29, 1.82) is 0 Å². The van der Waals surface area contributed by atoms with Crippen molar-refractivity contribution >= 4 is 5.97 Å². The molecule has 1 aromatic rings. The fourth-order valence-corrected chi connectivity index (χ4v) is 2.30. The summed E-state index contributed by atoms with van der Waals surface area (Å²) >= 11 is 0. The number of rotatable bonds is 2. The molecule has 1 saturated heterocycles. The van der Waals surface area contributed by atoms with Gasteiger partial charge in [-0.15, -0.1) is 0 Å². The zero-order valence-corrected chi connectivity index (χ0v) is 9.17. The van der Waals surface area contributed by atoms with Gasteiger partial charge >= 0.3 is 5.97 Å². The Labute approximate surface area is 97.5 Å². The minimum atomic E-state index is -1.36. The van der Waals surface area contributed by atoms with Gasteiger partial charge in [-0.05, 0) is 37.6 Å². The summed E-state index contributed by atoms with van der Waals surface area (Å²) in [4.78, 5) is 11.4. The monoisotopic (exact) mass is 241 g/mol. The number of hydrogen-bond acceptors (Lipinski definition) is 2. The van der Waals surface area contributed by atoms with Crippen molar-refractivity contribution in [3.63, 3.8) is 0 Å². The number of carbonyl (C=O) groups is 1. The third kappa shape index (κ3) is 2.02. The SMILES string of the molecule is O=C(O)C1(c2cc(F)ccc2F)CCCNC1. The third-order valence-corrected chi connectivity index (χ3v) is 3.24. The second kappa shape index (κ2) is 4.41. The van der Waals surface area contributed by atoms with E-state index in [-0.39, 0.29) is 12.1 Å². The molecule has 1 aliphatic heterocycles. The summed E-state index contributed by atoms with van der Waals surface area (Å²) in [5.41, 5.74) is -1.43. The molecule has 1 fully saturated rings. The molecule has 3 nitrogen and oxygen atoms in total. The van der Waals surface area contributed by atoms with Crippen molar-refractivity contribution in [2.75, 3.05) is 13.1 Å². The van der Waals surface area contributed by atoms with E-state index in [0.717, 1.165) is 18.2 Å². The first-order valence-corrected chi connectivity index (χ1v) is 5.46. The van der Waals surface area contributed by atoms with E-state index in [1.54, 1.807) is 0 Å². The lowest BCUT2D eigenvalue weighted by Gasteiger charge is -2.34. The normalized spacial score (nSPS) is 24.6. The van der Waals surface area contributed by atoms with Crippen LogP contribution in [0.25, 0.3) is 0 Å². The van der Waals surface area contributed by atoms with Crippen LogP contribution in [0.1, 0.15) is 18.4 Å². The van der Waals surface area contributed by atoms with Crippen LogP contribution in [0.15, 0.2) is 18.2 Å². The molecule has 0 spiro atoms. The van der Waals surface area contributed by atoms with Crippen molar-refractivity contribution in [2.45, 2.75) is 18.3 Å². The van der Waals surface area contributed by atoms with Gasteiger partial charge in [0.15, 0.2) is 0 Å². The van der Waals surface area contributed by atoms with E-state index in [9.17, 15) is 18.7 Å². The summed E-state index contributed by atoms with van der Waals surface area (Å²) in [5.74, 6) is -2.40. The molecule has 1 heterocycles. The lowest BCUT2D eigenvalue weighted by atomic mass is 9.74. The lowest BCUT2D eigenvalue weighted by molar-refractivity contribution is -0.144. The highest BCUT2D eigenvalue weighted by Crippen LogP contribution is 2.33. The first-order chi connectivity index (χ1) is 8.06. The topological polar surface area (TPSA) is 49.3 Å². The van der Waals surface area contributed by atoms with Crippen LogP contribution in [0.4, 0.5) is 8.78 Å². The number of nitrogens with one attached hydrogen (secondary N) is 1. The largest absolute Gasteiger partial charge is 0.481 e. The Bertz CT molecular complexity index is 442. The molecular weight excluding hydrogens is 228 g/mol. The molecule has 0 aromatic heterocycles. The number of hydrogen-bond donors (Lipinski definition) is 2. The van der Waals surface area contributed by atoms with Crippen LogP contribution in [-0.2, 0) is 10.2 Å².